The fourth-order valence-electron chi connectivity index (χ4n) is 2.30. The molecule has 0 fully saturated rings. The van der Waals surface area contributed by atoms with Crippen molar-refractivity contribution in [3.05, 3.63) is 59.4 Å². The van der Waals surface area contributed by atoms with Crippen molar-refractivity contribution in [3.8, 4) is 17.1 Å². The quantitative estimate of drug-likeness (QED) is 0.670. The van der Waals surface area contributed by atoms with Gasteiger partial charge in [-0.15, -0.1) is 12.6 Å². The van der Waals surface area contributed by atoms with E-state index in [0.29, 0.717) is 22.0 Å². The third-order valence-electron chi connectivity index (χ3n) is 3.75. The second kappa shape index (κ2) is 5.98. The minimum Gasteiger partial charge on any atom is -0.236 e. The minimum absolute atomic E-state index is 0.302. The van der Waals surface area contributed by atoms with Crippen molar-refractivity contribution in [3.63, 3.8) is 0 Å². The van der Waals surface area contributed by atoms with E-state index in [1.54, 1.807) is 18.2 Å². The first-order chi connectivity index (χ1) is 11.3. The van der Waals surface area contributed by atoms with Crippen molar-refractivity contribution in [2.24, 2.45) is 0 Å². The molecule has 3 rings (SSSR count). The topological polar surface area (TPSA) is 30.7 Å². The molecule has 0 aliphatic carbocycles. The number of alkyl halides is 3. The van der Waals surface area contributed by atoms with Crippen LogP contribution in [0.1, 0.15) is 16.8 Å². The number of nitrogens with zero attached hydrogens (tertiary/aromatic N) is 3. The summed E-state index contributed by atoms with van der Waals surface area (Å²) in [6, 6.07) is 9.78. The normalized spacial score (nSPS) is 11.8. The summed E-state index contributed by atoms with van der Waals surface area (Å²) in [5.74, 6) is 0.302. The lowest BCUT2D eigenvalue weighted by atomic mass is 10.0. The number of benzene rings is 1. The van der Waals surface area contributed by atoms with Crippen LogP contribution in [-0.4, -0.2) is 14.8 Å². The van der Waals surface area contributed by atoms with Crippen LogP contribution in [0.15, 0.2) is 47.5 Å². The van der Waals surface area contributed by atoms with Crippen LogP contribution in [0.4, 0.5) is 13.2 Å². The number of thiol groups is 1. The summed E-state index contributed by atoms with van der Waals surface area (Å²) in [5.41, 5.74) is 2.10. The SMILES string of the molecule is Cc1ccc(-c2cc(C(F)(F)F)nn2-c2ccc(S)cn2)cc1C. The molecule has 2 heterocycles. The molecule has 2 aromatic heterocycles. The number of aromatic nitrogens is 3. The molecular formula is C17H14F3N3S. The Labute approximate surface area is 142 Å². The van der Waals surface area contributed by atoms with E-state index < -0.39 is 11.9 Å². The molecule has 0 spiro atoms. The second-order valence-electron chi connectivity index (χ2n) is 5.50. The van der Waals surface area contributed by atoms with Crippen molar-refractivity contribution >= 4 is 12.6 Å². The van der Waals surface area contributed by atoms with E-state index in [1.165, 1.54) is 10.9 Å². The second-order valence-corrected chi connectivity index (χ2v) is 6.01. The van der Waals surface area contributed by atoms with Crippen molar-refractivity contribution < 1.29 is 13.2 Å². The lowest BCUT2D eigenvalue weighted by Crippen LogP contribution is -2.08. The summed E-state index contributed by atoms with van der Waals surface area (Å²) < 4.78 is 40.5. The van der Waals surface area contributed by atoms with Gasteiger partial charge in [-0.1, -0.05) is 12.1 Å². The Morgan fingerprint density at radius 3 is 2.33 bits per heavy atom. The van der Waals surface area contributed by atoms with Gasteiger partial charge in [-0.05, 0) is 49.2 Å². The molecule has 1 aromatic carbocycles. The zero-order valence-electron chi connectivity index (χ0n) is 13.0. The Bertz CT molecular complexity index is 883. The zero-order chi connectivity index (χ0) is 17.5. The van der Waals surface area contributed by atoms with Gasteiger partial charge >= 0.3 is 6.18 Å². The van der Waals surface area contributed by atoms with Gasteiger partial charge in [-0.2, -0.15) is 18.3 Å². The maximum atomic E-state index is 13.1. The zero-order valence-corrected chi connectivity index (χ0v) is 13.9. The van der Waals surface area contributed by atoms with Crippen LogP contribution in [0.5, 0.6) is 0 Å². The van der Waals surface area contributed by atoms with Gasteiger partial charge in [-0.3, -0.25) is 0 Å². The molecule has 0 atom stereocenters. The Morgan fingerprint density at radius 2 is 1.75 bits per heavy atom. The third-order valence-corrected chi connectivity index (χ3v) is 4.02. The first-order valence-electron chi connectivity index (χ1n) is 7.16. The molecule has 0 aliphatic rings. The Morgan fingerprint density at radius 1 is 1.00 bits per heavy atom. The summed E-state index contributed by atoms with van der Waals surface area (Å²) in [6.45, 7) is 3.86. The molecule has 0 radical (unpaired) electrons. The monoisotopic (exact) mass is 349 g/mol. The van der Waals surface area contributed by atoms with Crippen LogP contribution in [0.25, 0.3) is 17.1 Å². The van der Waals surface area contributed by atoms with Crippen molar-refractivity contribution in [2.45, 2.75) is 24.9 Å². The maximum Gasteiger partial charge on any atom is 0.435 e. The Kier molecular flexibility index (Phi) is 4.13. The van der Waals surface area contributed by atoms with Gasteiger partial charge < -0.3 is 0 Å². The largest absolute Gasteiger partial charge is 0.435 e. The summed E-state index contributed by atoms with van der Waals surface area (Å²) in [5, 5.41) is 3.71. The van der Waals surface area contributed by atoms with Crippen molar-refractivity contribution in [2.75, 3.05) is 0 Å². The number of halogens is 3. The lowest BCUT2D eigenvalue weighted by molar-refractivity contribution is -0.141. The van der Waals surface area contributed by atoms with Gasteiger partial charge in [0.2, 0.25) is 0 Å². The predicted molar refractivity (Wildman–Crippen MR) is 88.5 cm³/mol. The van der Waals surface area contributed by atoms with Gasteiger partial charge in [-0.25, -0.2) is 9.67 Å². The summed E-state index contributed by atoms with van der Waals surface area (Å²) >= 11 is 4.14. The summed E-state index contributed by atoms with van der Waals surface area (Å²) in [7, 11) is 0. The molecule has 7 heteroatoms. The average molecular weight is 349 g/mol. The van der Waals surface area contributed by atoms with E-state index in [1.807, 2.05) is 26.0 Å². The molecule has 0 N–H and O–H groups in total. The number of hydrogen-bond donors (Lipinski definition) is 1. The standard InChI is InChI=1S/C17H14F3N3S/c1-10-3-4-12(7-11(10)2)14-8-15(17(18,19)20)22-23(14)16-6-5-13(24)9-21-16/h3-9,24H,1-2H3. The maximum absolute atomic E-state index is 13.1. The highest BCUT2D eigenvalue weighted by Gasteiger charge is 2.35. The van der Waals surface area contributed by atoms with Crippen LogP contribution in [-0.2, 0) is 6.18 Å². The van der Waals surface area contributed by atoms with Crippen LogP contribution >= 0.6 is 12.6 Å². The smallest absolute Gasteiger partial charge is 0.236 e. The number of rotatable bonds is 2. The molecule has 124 valence electrons. The molecule has 0 amide bonds. The van der Waals surface area contributed by atoms with E-state index in [9.17, 15) is 13.2 Å². The van der Waals surface area contributed by atoms with Gasteiger partial charge in [0.05, 0.1) is 5.69 Å². The Hall–Kier alpha value is -2.28. The van der Waals surface area contributed by atoms with Crippen molar-refractivity contribution in [1.82, 2.24) is 14.8 Å². The van der Waals surface area contributed by atoms with Crippen molar-refractivity contribution in [1.29, 1.82) is 0 Å². The van der Waals surface area contributed by atoms with E-state index in [4.69, 9.17) is 0 Å². The molecule has 0 saturated carbocycles. The molecule has 0 saturated heterocycles. The molecule has 3 aromatic rings. The first-order valence-corrected chi connectivity index (χ1v) is 7.61. The highest BCUT2D eigenvalue weighted by atomic mass is 32.1. The van der Waals surface area contributed by atoms with Crippen LogP contribution in [0.3, 0.4) is 0 Å². The fraction of sp³-hybridized carbons (Fsp3) is 0.176. The van der Waals surface area contributed by atoms with Gasteiger partial charge in [0.15, 0.2) is 11.5 Å². The summed E-state index contributed by atoms with van der Waals surface area (Å²) in [6.07, 6.45) is -3.05. The van der Waals surface area contributed by atoms with E-state index in [2.05, 4.69) is 22.7 Å². The number of hydrogen-bond acceptors (Lipinski definition) is 3. The average Bonchev–Trinajstić information content (AvgIpc) is 2.96. The van der Waals surface area contributed by atoms with Gasteiger partial charge in [0, 0.05) is 16.7 Å². The first kappa shape index (κ1) is 16.6. The van der Waals surface area contributed by atoms with E-state index >= 15 is 0 Å². The number of pyridine rings is 1. The predicted octanol–water partition coefficient (Wildman–Crippen LogP) is 4.86. The van der Waals surface area contributed by atoms with Crippen LogP contribution < -0.4 is 0 Å². The van der Waals surface area contributed by atoms with E-state index in [0.717, 1.165) is 17.2 Å². The highest BCUT2D eigenvalue weighted by molar-refractivity contribution is 7.80. The van der Waals surface area contributed by atoms with E-state index in [-0.39, 0.29) is 0 Å². The third kappa shape index (κ3) is 3.17. The molecule has 3 nitrogen and oxygen atoms in total. The minimum atomic E-state index is -4.52. The molecular weight excluding hydrogens is 335 g/mol. The highest BCUT2D eigenvalue weighted by Crippen LogP contribution is 2.33. The Balaban J connectivity index is 2.21. The fourth-order valence-corrected chi connectivity index (χ4v) is 2.44. The van der Waals surface area contributed by atoms with Gasteiger partial charge in [0.25, 0.3) is 0 Å². The van der Waals surface area contributed by atoms with Crippen LogP contribution in [0, 0.1) is 13.8 Å². The molecule has 24 heavy (non-hydrogen) atoms. The molecule has 0 bridgehead atoms. The number of aryl methyl sites for hydroxylation is 2. The van der Waals surface area contributed by atoms with Gasteiger partial charge in [0.1, 0.15) is 0 Å². The molecule has 0 aliphatic heterocycles. The van der Waals surface area contributed by atoms with Crippen LogP contribution in [0.2, 0.25) is 0 Å². The molecule has 0 unspecified atom stereocenters. The summed E-state index contributed by atoms with van der Waals surface area (Å²) in [4.78, 5) is 4.75. The lowest BCUT2D eigenvalue weighted by Gasteiger charge is -2.08.